The maximum atomic E-state index is 9.00. The van der Waals surface area contributed by atoms with Gasteiger partial charge in [-0.1, -0.05) is 60.7 Å². The number of hydrogen-bond donors (Lipinski definition) is 2. The molecule has 3 aromatic rings. The van der Waals surface area contributed by atoms with E-state index >= 15 is 0 Å². The number of aromatic nitrogens is 1. The molecule has 2 heterocycles. The number of benzene rings is 2. The summed E-state index contributed by atoms with van der Waals surface area (Å²) in [6.45, 7) is 5.92. The number of hydrogen-bond acceptors (Lipinski definition) is 5. The Bertz CT molecular complexity index is 1020. The zero-order valence-electron chi connectivity index (χ0n) is 19.3. The van der Waals surface area contributed by atoms with Crippen LogP contribution in [0.15, 0.2) is 90.2 Å². The highest BCUT2D eigenvalue weighted by Crippen LogP contribution is 2.29. The van der Waals surface area contributed by atoms with Gasteiger partial charge in [0.05, 0.1) is 11.7 Å². The summed E-state index contributed by atoms with van der Waals surface area (Å²) < 4.78 is 0. The molecule has 0 atom stereocenters. The monoisotopic (exact) mass is 453 g/mol. The van der Waals surface area contributed by atoms with Gasteiger partial charge in [0.2, 0.25) is 5.96 Å². The van der Waals surface area contributed by atoms with E-state index in [1.54, 1.807) is 24.5 Å². The zero-order valence-corrected chi connectivity index (χ0v) is 19.3. The van der Waals surface area contributed by atoms with E-state index in [1.807, 2.05) is 6.19 Å². The summed E-state index contributed by atoms with van der Waals surface area (Å²) in [5.74, 6) is 0.465. The standard InChI is InChI=1S/C27H31N7/c28-22-31-27(32-25-12-15-29-16-13-25)30-14-7-17-33-18-20-34(21-19-33)26(23-8-3-1-4-9-23)24-10-5-2-6-11-24/h1-6,8-13,15-16,26H,7,14,17-21H2,(H2,29,30,31,32). The Morgan fingerprint density at radius 1 is 0.912 bits per heavy atom. The van der Waals surface area contributed by atoms with E-state index < -0.39 is 0 Å². The number of rotatable bonds is 8. The molecule has 174 valence electrons. The number of aliphatic imine (C=N–C) groups is 1. The summed E-state index contributed by atoms with van der Waals surface area (Å²) in [4.78, 5) is 13.5. The van der Waals surface area contributed by atoms with Crippen LogP contribution in [-0.4, -0.2) is 60.0 Å². The molecule has 1 aliphatic heterocycles. The van der Waals surface area contributed by atoms with Crippen LogP contribution in [0, 0.1) is 11.5 Å². The minimum atomic E-state index is 0.287. The molecule has 1 saturated heterocycles. The topological polar surface area (TPSA) is 79.6 Å². The van der Waals surface area contributed by atoms with Gasteiger partial charge in [0.1, 0.15) is 0 Å². The fraction of sp³-hybridized carbons (Fsp3) is 0.296. The molecule has 1 fully saturated rings. The summed E-state index contributed by atoms with van der Waals surface area (Å²) >= 11 is 0. The molecule has 1 aliphatic rings. The van der Waals surface area contributed by atoms with Gasteiger partial charge in [0.25, 0.3) is 0 Å². The molecular formula is C27H31N7. The van der Waals surface area contributed by atoms with Crippen molar-refractivity contribution in [2.75, 3.05) is 39.3 Å². The highest BCUT2D eigenvalue weighted by atomic mass is 15.3. The number of piperazine rings is 1. The van der Waals surface area contributed by atoms with E-state index in [4.69, 9.17) is 5.26 Å². The van der Waals surface area contributed by atoms with E-state index in [9.17, 15) is 0 Å². The smallest absolute Gasteiger partial charge is 0.209 e. The second-order valence-electron chi connectivity index (χ2n) is 8.28. The summed E-state index contributed by atoms with van der Waals surface area (Å²) in [7, 11) is 0. The van der Waals surface area contributed by atoms with Crippen molar-refractivity contribution in [3.05, 3.63) is 96.3 Å². The van der Waals surface area contributed by atoms with E-state index in [2.05, 4.69) is 91.1 Å². The quantitative estimate of drug-likeness (QED) is 0.179. The second kappa shape index (κ2) is 12.5. The van der Waals surface area contributed by atoms with Gasteiger partial charge in [-0.15, -0.1) is 0 Å². The third kappa shape index (κ3) is 6.64. The Balaban J connectivity index is 1.27. The van der Waals surface area contributed by atoms with Crippen molar-refractivity contribution in [1.29, 1.82) is 5.26 Å². The number of nitrogens with one attached hydrogen (secondary N) is 2. The maximum Gasteiger partial charge on any atom is 0.209 e. The Hall–Kier alpha value is -3.73. The largest absolute Gasteiger partial charge is 0.355 e. The second-order valence-corrected chi connectivity index (χ2v) is 8.28. The van der Waals surface area contributed by atoms with Gasteiger partial charge < -0.3 is 10.2 Å². The first kappa shape index (κ1) is 23.4. The van der Waals surface area contributed by atoms with Crippen LogP contribution in [0.25, 0.3) is 0 Å². The van der Waals surface area contributed by atoms with Gasteiger partial charge in [-0.3, -0.25) is 15.2 Å². The minimum absolute atomic E-state index is 0.287. The molecule has 0 spiro atoms. The first-order chi connectivity index (χ1) is 16.8. The number of nitrogens with zero attached hydrogens (tertiary/aromatic N) is 5. The van der Waals surface area contributed by atoms with Crippen molar-refractivity contribution in [2.24, 2.45) is 4.99 Å². The lowest BCUT2D eigenvalue weighted by Gasteiger charge is -2.39. The molecule has 0 radical (unpaired) electrons. The lowest BCUT2D eigenvalue weighted by Crippen LogP contribution is -2.48. The van der Waals surface area contributed by atoms with Gasteiger partial charge in [0, 0.05) is 45.1 Å². The molecule has 4 rings (SSSR count). The molecule has 0 aliphatic carbocycles. The highest BCUT2D eigenvalue weighted by Gasteiger charge is 2.26. The molecule has 0 amide bonds. The van der Waals surface area contributed by atoms with Crippen LogP contribution in [0.1, 0.15) is 23.6 Å². The van der Waals surface area contributed by atoms with Gasteiger partial charge in [-0.05, 0) is 36.2 Å². The molecule has 2 aromatic carbocycles. The van der Waals surface area contributed by atoms with E-state index in [0.717, 1.165) is 51.4 Å². The summed E-state index contributed by atoms with van der Waals surface area (Å²) in [6, 6.07) is 25.5. The summed E-state index contributed by atoms with van der Waals surface area (Å²) in [5.41, 5.74) is 3.44. The summed E-state index contributed by atoms with van der Waals surface area (Å²) in [5, 5.41) is 14.9. The van der Waals surface area contributed by atoms with Crippen molar-refractivity contribution < 1.29 is 0 Å². The predicted octanol–water partition coefficient (Wildman–Crippen LogP) is 3.53. The lowest BCUT2D eigenvalue weighted by atomic mass is 9.96. The van der Waals surface area contributed by atoms with E-state index in [-0.39, 0.29) is 6.04 Å². The fourth-order valence-electron chi connectivity index (χ4n) is 4.35. The Morgan fingerprint density at radius 2 is 1.53 bits per heavy atom. The highest BCUT2D eigenvalue weighted by molar-refractivity contribution is 5.83. The average molecular weight is 454 g/mol. The molecule has 7 heteroatoms. The van der Waals surface area contributed by atoms with Crippen molar-refractivity contribution in [3.63, 3.8) is 0 Å². The molecule has 0 unspecified atom stereocenters. The Kier molecular flexibility index (Phi) is 8.61. The molecular weight excluding hydrogens is 422 g/mol. The molecule has 0 saturated carbocycles. The normalized spacial score (nSPS) is 15.1. The first-order valence-electron chi connectivity index (χ1n) is 11.8. The van der Waals surface area contributed by atoms with Gasteiger partial charge in [-0.25, -0.2) is 4.99 Å². The minimum Gasteiger partial charge on any atom is -0.355 e. The van der Waals surface area contributed by atoms with E-state index in [0.29, 0.717) is 5.96 Å². The first-order valence-corrected chi connectivity index (χ1v) is 11.8. The van der Waals surface area contributed by atoms with Crippen molar-refractivity contribution in [2.45, 2.75) is 12.5 Å². The Morgan fingerprint density at radius 3 is 2.12 bits per heavy atom. The third-order valence-corrected chi connectivity index (χ3v) is 6.02. The average Bonchev–Trinajstić information content (AvgIpc) is 2.90. The van der Waals surface area contributed by atoms with Crippen LogP contribution in [0.4, 0.5) is 5.69 Å². The van der Waals surface area contributed by atoms with Crippen molar-refractivity contribution in [1.82, 2.24) is 25.4 Å². The molecule has 7 nitrogen and oxygen atoms in total. The Labute approximate surface area is 201 Å². The third-order valence-electron chi connectivity index (χ3n) is 6.02. The number of pyridine rings is 1. The van der Waals surface area contributed by atoms with E-state index in [1.165, 1.54) is 11.1 Å². The molecule has 2 N–H and O–H groups in total. The van der Waals surface area contributed by atoms with Gasteiger partial charge >= 0.3 is 0 Å². The number of guanidine groups is 1. The predicted molar refractivity (Wildman–Crippen MR) is 135 cm³/mol. The van der Waals surface area contributed by atoms with Crippen LogP contribution in [0.2, 0.25) is 0 Å². The van der Waals surface area contributed by atoms with Crippen LogP contribution in [0.3, 0.4) is 0 Å². The van der Waals surface area contributed by atoms with Gasteiger partial charge in [-0.2, -0.15) is 5.26 Å². The van der Waals surface area contributed by atoms with Crippen LogP contribution >= 0.6 is 0 Å². The molecule has 1 aromatic heterocycles. The fourth-order valence-corrected chi connectivity index (χ4v) is 4.35. The van der Waals surface area contributed by atoms with Crippen LogP contribution in [-0.2, 0) is 0 Å². The van der Waals surface area contributed by atoms with Crippen molar-refractivity contribution >= 4 is 11.6 Å². The molecule has 0 bridgehead atoms. The van der Waals surface area contributed by atoms with Crippen LogP contribution < -0.4 is 10.6 Å². The molecule has 34 heavy (non-hydrogen) atoms. The van der Waals surface area contributed by atoms with Crippen LogP contribution in [0.5, 0.6) is 0 Å². The number of nitriles is 1. The maximum absolute atomic E-state index is 9.00. The zero-order chi connectivity index (χ0) is 23.4. The van der Waals surface area contributed by atoms with Crippen molar-refractivity contribution in [3.8, 4) is 6.19 Å². The summed E-state index contributed by atoms with van der Waals surface area (Å²) in [6.07, 6.45) is 6.29. The SMILES string of the molecule is N#CN/C(=N/c1ccncc1)NCCCN1CCN(C(c2ccccc2)c2ccccc2)CC1. The van der Waals surface area contributed by atoms with Gasteiger partial charge in [0.15, 0.2) is 6.19 Å². The lowest BCUT2D eigenvalue weighted by molar-refractivity contribution is 0.109.